The molecule has 0 bridgehead atoms. The second kappa shape index (κ2) is 7.45. The quantitative estimate of drug-likeness (QED) is 0.844. The van der Waals surface area contributed by atoms with Gasteiger partial charge < -0.3 is 14.6 Å². The number of hydrogen-bond acceptors (Lipinski definition) is 6. The second-order valence-corrected chi connectivity index (χ2v) is 7.45. The van der Waals surface area contributed by atoms with E-state index in [0.717, 1.165) is 16.0 Å². The number of phenols is 1. The first kappa shape index (κ1) is 17.8. The zero-order chi connectivity index (χ0) is 18.0. The van der Waals surface area contributed by atoms with Gasteiger partial charge in [0.05, 0.1) is 7.11 Å². The van der Waals surface area contributed by atoms with E-state index in [2.05, 4.69) is 24.0 Å². The van der Waals surface area contributed by atoms with Gasteiger partial charge in [-0.1, -0.05) is 6.92 Å². The number of aryl methyl sites for hydroxylation is 1. The Morgan fingerprint density at radius 3 is 2.88 bits per heavy atom. The van der Waals surface area contributed by atoms with E-state index in [1.54, 1.807) is 17.4 Å². The Kier molecular flexibility index (Phi) is 5.30. The van der Waals surface area contributed by atoms with Gasteiger partial charge in [-0.3, -0.25) is 9.69 Å². The summed E-state index contributed by atoms with van der Waals surface area (Å²) < 4.78 is 10.7. The lowest BCUT2D eigenvalue weighted by molar-refractivity contribution is -0.147. The summed E-state index contributed by atoms with van der Waals surface area (Å²) in [5, 5.41) is 10.4. The molecular weight excluding hydrogens is 338 g/mol. The van der Waals surface area contributed by atoms with Crippen molar-refractivity contribution in [3.8, 4) is 21.9 Å². The molecule has 0 unspecified atom stereocenters. The van der Waals surface area contributed by atoms with Crippen LogP contribution in [0.1, 0.15) is 23.8 Å². The number of esters is 1. The molecule has 2 heterocycles. The Labute approximate surface area is 151 Å². The number of hydrogen-bond donors (Lipinski definition) is 1. The molecule has 25 heavy (non-hydrogen) atoms. The molecule has 0 amide bonds. The van der Waals surface area contributed by atoms with Gasteiger partial charge in [0.1, 0.15) is 12.6 Å². The molecule has 134 valence electrons. The first-order valence-corrected chi connectivity index (χ1v) is 9.22. The molecule has 0 saturated carbocycles. The predicted octanol–water partition coefficient (Wildman–Crippen LogP) is 3.58. The molecule has 1 aromatic carbocycles. The van der Waals surface area contributed by atoms with Crippen molar-refractivity contribution in [3.05, 3.63) is 34.7 Å². The number of aromatic hydroxyl groups is 1. The molecule has 0 radical (unpaired) electrons. The largest absolute Gasteiger partial charge is 0.504 e. The van der Waals surface area contributed by atoms with Crippen LogP contribution in [0.5, 0.6) is 11.5 Å². The van der Waals surface area contributed by atoms with E-state index in [1.807, 2.05) is 13.0 Å². The molecule has 6 heteroatoms. The third-order valence-electron chi connectivity index (χ3n) is 4.47. The number of carbonyl (C=O) groups excluding carboxylic acids is 1. The lowest BCUT2D eigenvalue weighted by atomic mass is 10.1. The number of phenolic OH excluding ortho intramolecular Hbond substituents is 1. The standard InChI is InChI=1S/C19H23NO4S/c1-4-15(19(22)23-3)20-7-8-24-18-14(11-20)9-13(10-16(18)21)17-6-5-12(2)25-17/h5-6,9-10,15,21H,4,7-8,11H2,1-3H3/t15-/m0/s1. The molecule has 0 fully saturated rings. The minimum Gasteiger partial charge on any atom is -0.504 e. The first-order valence-electron chi connectivity index (χ1n) is 8.40. The maximum absolute atomic E-state index is 12.1. The van der Waals surface area contributed by atoms with Crippen LogP contribution in [0.3, 0.4) is 0 Å². The van der Waals surface area contributed by atoms with Gasteiger partial charge in [0.15, 0.2) is 11.5 Å². The van der Waals surface area contributed by atoms with Crippen LogP contribution in [0.15, 0.2) is 24.3 Å². The van der Waals surface area contributed by atoms with Crippen molar-refractivity contribution in [2.45, 2.75) is 32.9 Å². The summed E-state index contributed by atoms with van der Waals surface area (Å²) in [4.78, 5) is 16.5. The number of nitrogens with zero attached hydrogens (tertiary/aromatic N) is 1. The van der Waals surface area contributed by atoms with E-state index in [9.17, 15) is 9.90 Å². The molecule has 1 aromatic heterocycles. The molecule has 1 atom stereocenters. The van der Waals surface area contributed by atoms with Gasteiger partial charge in [-0.15, -0.1) is 11.3 Å². The Hall–Kier alpha value is -2.05. The molecular formula is C19H23NO4S. The average Bonchev–Trinajstić information content (AvgIpc) is 2.91. The Bertz CT molecular complexity index is 771. The molecule has 5 nitrogen and oxygen atoms in total. The van der Waals surface area contributed by atoms with E-state index in [-0.39, 0.29) is 17.8 Å². The van der Waals surface area contributed by atoms with Gasteiger partial charge in [-0.25, -0.2) is 0 Å². The summed E-state index contributed by atoms with van der Waals surface area (Å²) in [6.07, 6.45) is 0.664. The molecule has 0 aliphatic carbocycles. The topological polar surface area (TPSA) is 59.0 Å². The summed E-state index contributed by atoms with van der Waals surface area (Å²) in [5.74, 6) is 0.422. The summed E-state index contributed by atoms with van der Waals surface area (Å²) in [6.45, 7) is 5.59. The van der Waals surface area contributed by atoms with Gasteiger partial charge in [0, 0.05) is 28.4 Å². The molecule has 1 N–H and O–H groups in total. The zero-order valence-corrected chi connectivity index (χ0v) is 15.6. The monoisotopic (exact) mass is 361 g/mol. The van der Waals surface area contributed by atoms with E-state index in [1.165, 1.54) is 12.0 Å². The lowest BCUT2D eigenvalue weighted by Gasteiger charge is -2.27. The number of rotatable bonds is 4. The van der Waals surface area contributed by atoms with Crippen LogP contribution < -0.4 is 4.74 Å². The van der Waals surface area contributed by atoms with Crippen LogP contribution in [0.25, 0.3) is 10.4 Å². The predicted molar refractivity (Wildman–Crippen MR) is 98.2 cm³/mol. The van der Waals surface area contributed by atoms with Crippen molar-refractivity contribution in [3.63, 3.8) is 0 Å². The zero-order valence-electron chi connectivity index (χ0n) is 14.7. The van der Waals surface area contributed by atoms with Crippen molar-refractivity contribution in [2.24, 2.45) is 0 Å². The van der Waals surface area contributed by atoms with Crippen LogP contribution in [0, 0.1) is 6.92 Å². The third kappa shape index (κ3) is 3.65. The number of thiophene rings is 1. The van der Waals surface area contributed by atoms with Gasteiger partial charge >= 0.3 is 5.97 Å². The lowest BCUT2D eigenvalue weighted by Crippen LogP contribution is -2.42. The highest BCUT2D eigenvalue weighted by atomic mass is 32.1. The average molecular weight is 361 g/mol. The van der Waals surface area contributed by atoms with Gasteiger partial charge in [0.2, 0.25) is 0 Å². The fourth-order valence-corrected chi connectivity index (χ4v) is 4.08. The Balaban J connectivity index is 1.96. The molecule has 3 rings (SSSR count). The van der Waals surface area contributed by atoms with Crippen molar-refractivity contribution < 1.29 is 19.4 Å². The minimum atomic E-state index is -0.311. The molecule has 0 spiro atoms. The van der Waals surface area contributed by atoms with Crippen LogP contribution in [-0.2, 0) is 16.1 Å². The fourth-order valence-electron chi connectivity index (χ4n) is 3.23. The van der Waals surface area contributed by atoms with Crippen LogP contribution in [0.2, 0.25) is 0 Å². The van der Waals surface area contributed by atoms with E-state index in [0.29, 0.717) is 31.9 Å². The highest BCUT2D eigenvalue weighted by molar-refractivity contribution is 7.15. The molecule has 2 aromatic rings. The molecule has 1 aliphatic rings. The van der Waals surface area contributed by atoms with Gasteiger partial charge in [-0.2, -0.15) is 0 Å². The Morgan fingerprint density at radius 1 is 1.44 bits per heavy atom. The van der Waals surface area contributed by atoms with E-state index < -0.39 is 0 Å². The smallest absolute Gasteiger partial charge is 0.323 e. The molecule has 0 saturated heterocycles. The van der Waals surface area contributed by atoms with Crippen molar-refractivity contribution >= 4 is 17.3 Å². The summed E-state index contributed by atoms with van der Waals surface area (Å²) in [5.41, 5.74) is 1.85. The van der Waals surface area contributed by atoms with E-state index in [4.69, 9.17) is 9.47 Å². The second-order valence-electron chi connectivity index (χ2n) is 6.16. The molecule has 1 aliphatic heterocycles. The third-order valence-corrected chi connectivity index (χ3v) is 5.52. The number of methoxy groups -OCH3 is 1. The summed E-state index contributed by atoms with van der Waals surface area (Å²) in [6, 6.07) is 7.60. The number of benzene rings is 1. The maximum Gasteiger partial charge on any atom is 0.323 e. The number of ether oxygens (including phenoxy) is 2. The van der Waals surface area contributed by atoms with Crippen molar-refractivity contribution in [1.29, 1.82) is 0 Å². The van der Waals surface area contributed by atoms with Crippen LogP contribution >= 0.6 is 11.3 Å². The van der Waals surface area contributed by atoms with Gasteiger partial charge in [-0.05, 0) is 43.2 Å². The van der Waals surface area contributed by atoms with Gasteiger partial charge in [0.25, 0.3) is 0 Å². The van der Waals surface area contributed by atoms with E-state index >= 15 is 0 Å². The van der Waals surface area contributed by atoms with Crippen LogP contribution in [0.4, 0.5) is 0 Å². The van der Waals surface area contributed by atoms with Crippen molar-refractivity contribution in [1.82, 2.24) is 4.90 Å². The number of fused-ring (bicyclic) bond motifs is 1. The SMILES string of the molecule is CC[C@@H](C(=O)OC)N1CCOc2c(O)cc(-c3ccc(C)s3)cc2C1. The minimum absolute atomic E-state index is 0.145. The fraction of sp³-hybridized carbons (Fsp3) is 0.421. The summed E-state index contributed by atoms with van der Waals surface area (Å²) >= 11 is 1.69. The van der Waals surface area contributed by atoms with Crippen LogP contribution in [-0.4, -0.2) is 42.3 Å². The maximum atomic E-state index is 12.1. The first-order chi connectivity index (χ1) is 12.0. The van der Waals surface area contributed by atoms with Crippen molar-refractivity contribution in [2.75, 3.05) is 20.3 Å². The summed E-state index contributed by atoms with van der Waals surface area (Å²) in [7, 11) is 1.41. The normalized spacial score (nSPS) is 15.8. The number of carbonyl (C=O) groups is 1. The highest BCUT2D eigenvalue weighted by Gasteiger charge is 2.29. The highest BCUT2D eigenvalue weighted by Crippen LogP contribution is 2.39. The Morgan fingerprint density at radius 2 is 2.24 bits per heavy atom.